The number of hydrogen-bond acceptors (Lipinski definition) is 5. The highest BCUT2D eigenvalue weighted by atomic mass is 32.1. The van der Waals surface area contributed by atoms with Gasteiger partial charge >= 0.3 is 6.18 Å². The van der Waals surface area contributed by atoms with Crippen LogP contribution in [0.4, 0.5) is 13.2 Å². The van der Waals surface area contributed by atoms with Crippen molar-refractivity contribution in [1.29, 1.82) is 0 Å². The van der Waals surface area contributed by atoms with Gasteiger partial charge in [0.05, 0.1) is 17.8 Å². The summed E-state index contributed by atoms with van der Waals surface area (Å²) in [5.74, 6) is -0.402. The topological polar surface area (TPSA) is 97.6 Å². The van der Waals surface area contributed by atoms with Crippen molar-refractivity contribution in [2.75, 3.05) is 0 Å². The van der Waals surface area contributed by atoms with Gasteiger partial charge in [0.1, 0.15) is 0 Å². The minimum Gasteiger partial charge on any atom is -0.343 e. The van der Waals surface area contributed by atoms with Gasteiger partial charge in [-0.2, -0.15) is 23.4 Å². The van der Waals surface area contributed by atoms with E-state index in [1.54, 1.807) is 4.57 Å². The molecular formula is C18H17F3N6O2S. The summed E-state index contributed by atoms with van der Waals surface area (Å²) in [5.41, 5.74) is -2.31. The summed E-state index contributed by atoms with van der Waals surface area (Å²) in [5, 5.41) is 13.0. The Balaban J connectivity index is 1.97. The summed E-state index contributed by atoms with van der Waals surface area (Å²) in [7, 11) is 0. The van der Waals surface area contributed by atoms with E-state index in [4.69, 9.17) is 12.2 Å². The van der Waals surface area contributed by atoms with E-state index in [9.17, 15) is 22.8 Å². The first-order chi connectivity index (χ1) is 14.1. The van der Waals surface area contributed by atoms with E-state index in [1.165, 1.54) is 25.1 Å². The molecule has 0 spiro atoms. The summed E-state index contributed by atoms with van der Waals surface area (Å²) in [6.07, 6.45) is -4.63. The molecule has 0 saturated heterocycles. The number of rotatable bonds is 5. The zero-order valence-electron chi connectivity index (χ0n) is 15.9. The Morgan fingerprint density at radius 2 is 2.00 bits per heavy atom. The molecule has 2 heterocycles. The number of benzene rings is 1. The van der Waals surface area contributed by atoms with Gasteiger partial charge in [-0.1, -0.05) is 12.1 Å². The third-order valence-electron chi connectivity index (χ3n) is 4.32. The normalized spacial score (nSPS) is 11.5. The largest absolute Gasteiger partial charge is 0.418 e. The van der Waals surface area contributed by atoms with Crippen LogP contribution in [0.5, 0.6) is 0 Å². The molecule has 0 aliphatic rings. The van der Waals surface area contributed by atoms with Gasteiger partial charge in [-0.3, -0.25) is 14.7 Å². The predicted molar refractivity (Wildman–Crippen MR) is 104 cm³/mol. The molecule has 30 heavy (non-hydrogen) atoms. The third-order valence-corrected chi connectivity index (χ3v) is 4.63. The lowest BCUT2D eigenvalue weighted by atomic mass is 10.1. The van der Waals surface area contributed by atoms with E-state index in [0.29, 0.717) is 17.1 Å². The van der Waals surface area contributed by atoms with E-state index in [0.717, 1.165) is 16.8 Å². The minimum atomic E-state index is -4.63. The Labute approximate surface area is 173 Å². The molecule has 0 aliphatic carbocycles. The number of nitrogens with zero attached hydrogens (tertiary/aromatic N) is 4. The molecule has 0 saturated carbocycles. The van der Waals surface area contributed by atoms with Crippen LogP contribution < -0.4 is 10.7 Å². The van der Waals surface area contributed by atoms with Crippen LogP contribution in [0.3, 0.4) is 0 Å². The van der Waals surface area contributed by atoms with Crippen LogP contribution in [-0.2, 0) is 19.3 Å². The lowest BCUT2D eigenvalue weighted by Gasteiger charge is -2.16. The fraction of sp³-hybridized carbons (Fsp3) is 0.278. The molecular weight excluding hydrogens is 421 g/mol. The monoisotopic (exact) mass is 438 g/mol. The van der Waals surface area contributed by atoms with Gasteiger partial charge in [-0.15, -0.1) is 0 Å². The number of alkyl halides is 3. The molecule has 1 amide bonds. The summed E-state index contributed by atoms with van der Waals surface area (Å²) >= 11 is 5.07. The molecule has 8 nitrogen and oxygen atoms in total. The van der Waals surface area contributed by atoms with Gasteiger partial charge in [0, 0.05) is 18.3 Å². The fourth-order valence-corrected chi connectivity index (χ4v) is 3.18. The Hall–Kier alpha value is -3.28. The first-order valence-corrected chi connectivity index (χ1v) is 9.24. The maximum Gasteiger partial charge on any atom is 0.418 e. The number of hydrogen-bond donors (Lipinski definition) is 2. The number of aryl methyl sites for hydroxylation is 1. The van der Waals surface area contributed by atoms with Crippen molar-refractivity contribution in [3.8, 4) is 5.69 Å². The molecule has 0 unspecified atom stereocenters. The number of aromatic nitrogens is 5. The molecule has 0 aliphatic heterocycles. The Kier molecular flexibility index (Phi) is 5.87. The zero-order valence-corrected chi connectivity index (χ0v) is 16.8. The molecule has 3 rings (SSSR count). The second-order valence-electron chi connectivity index (χ2n) is 6.30. The van der Waals surface area contributed by atoms with Crippen LogP contribution >= 0.6 is 12.2 Å². The molecule has 0 atom stereocenters. The number of carbonyl (C=O) groups is 1. The van der Waals surface area contributed by atoms with Crippen molar-refractivity contribution in [2.24, 2.45) is 0 Å². The Morgan fingerprint density at radius 1 is 1.30 bits per heavy atom. The first-order valence-electron chi connectivity index (χ1n) is 8.83. The van der Waals surface area contributed by atoms with E-state index in [-0.39, 0.29) is 17.9 Å². The van der Waals surface area contributed by atoms with Crippen LogP contribution in [0.15, 0.2) is 35.1 Å². The lowest BCUT2D eigenvalue weighted by molar-refractivity contribution is -0.137. The van der Waals surface area contributed by atoms with Crippen LogP contribution in [-0.4, -0.2) is 30.5 Å². The zero-order chi connectivity index (χ0) is 22.1. The Bertz CT molecular complexity index is 1210. The Morgan fingerprint density at radius 3 is 2.67 bits per heavy atom. The van der Waals surface area contributed by atoms with Gasteiger partial charge in [-0.05, 0) is 38.2 Å². The predicted octanol–water partition coefficient (Wildman–Crippen LogP) is 2.76. The molecule has 1 aromatic carbocycles. The van der Waals surface area contributed by atoms with Gasteiger partial charge in [0.2, 0.25) is 5.43 Å². The number of H-pyrrole nitrogens is 1. The molecule has 0 bridgehead atoms. The smallest absolute Gasteiger partial charge is 0.343 e. The van der Waals surface area contributed by atoms with Crippen molar-refractivity contribution < 1.29 is 18.0 Å². The molecule has 158 valence electrons. The molecule has 3 aromatic rings. The fourth-order valence-electron chi connectivity index (χ4n) is 2.90. The quantitative estimate of drug-likeness (QED) is 0.597. The molecule has 2 N–H and O–H groups in total. The maximum absolute atomic E-state index is 13.4. The number of halogens is 3. The molecule has 2 aromatic heterocycles. The van der Waals surface area contributed by atoms with Crippen LogP contribution in [0.25, 0.3) is 5.69 Å². The highest BCUT2D eigenvalue weighted by Gasteiger charge is 2.34. The number of carbonyl (C=O) groups excluding carboxylic acids is 1. The van der Waals surface area contributed by atoms with Crippen molar-refractivity contribution in [3.05, 3.63) is 68.1 Å². The number of aromatic amines is 1. The van der Waals surface area contributed by atoms with Gasteiger partial charge in [0.15, 0.2) is 16.3 Å². The number of para-hydroxylation sites is 1. The van der Waals surface area contributed by atoms with Gasteiger partial charge in [-0.25, -0.2) is 4.68 Å². The highest BCUT2D eigenvalue weighted by molar-refractivity contribution is 7.71. The van der Waals surface area contributed by atoms with Crippen LogP contribution in [0.1, 0.15) is 34.5 Å². The average Bonchev–Trinajstić information content (AvgIpc) is 3.05. The van der Waals surface area contributed by atoms with Crippen molar-refractivity contribution in [1.82, 2.24) is 29.9 Å². The lowest BCUT2D eigenvalue weighted by Crippen LogP contribution is -2.32. The molecule has 0 radical (unpaired) electrons. The van der Waals surface area contributed by atoms with Crippen molar-refractivity contribution in [2.45, 2.75) is 33.1 Å². The van der Waals surface area contributed by atoms with Crippen molar-refractivity contribution >= 4 is 18.1 Å². The molecule has 12 heteroatoms. The minimum absolute atomic E-state index is 0.0477. The van der Waals surface area contributed by atoms with Crippen molar-refractivity contribution in [3.63, 3.8) is 0 Å². The van der Waals surface area contributed by atoms with E-state index in [1.807, 2.05) is 6.92 Å². The van der Waals surface area contributed by atoms with Gasteiger partial charge in [0.25, 0.3) is 5.91 Å². The average molecular weight is 438 g/mol. The molecule has 0 fully saturated rings. The van der Waals surface area contributed by atoms with E-state index < -0.39 is 28.8 Å². The SMILES string of the molecule is CCn1c(CNC(=O)c2nn(-c3ccccc3C(F)(F)F)c(C)cc2=O)n[nH]c1=S. The summed E-state index contributed by atoms with van der Waals surface area (Å²) in [4.78, 5) is 24.8. The summed E-state index contributed by atoms with van der Waals surface area (Å²) in [6, 6.07) is 5.85. The second-order valence-corrected chi connectivity index (χ2v) is 6.68. The van der Waals surface area contributed by atoms with Gasteiger partial charge < -0.3 is 9.88 Å². The van der Waals surface area contributed by atoms with Crippen LogP contribution in [0, 0.1) is 11.7 Å². The van der Waals surface area contributed by atoms with E-state index >= 15 is 0 Å². The summed E-state index contributed by atoms with van der Waals surface area (Å²) < 4.78 is 43.1. The number of amides is 1. The standard InChI is InChI=1S/C18H17F3N6O2S/c1-3-26-14(23-24-17(26)30)9-22-16(29)15-13(28)8-10(2)27(25-15)12-7-5-4-6-11(12)18(19,20)21/h4-8H,3,9H2,1-2H3,(H,22,29)(H,24,30). The van der Waals surface area contributed by atoms with Crippen LogP contribution in [0.2, 0.25) is 0 Å². The maximum atomic E-state index is 13.4. The third kappa shape index (κ3) is 4.17. The highest BCUT2D eigenvalue weighted by Crippen LogP contribution is 2.33. The number of nitrogens with one attached hydrogen (secondary N) is 2. The first kappa shape index (κ1) is 21.4. The summed E-state index contributed by atoms with van der Waals surface area (Å²) in [6.45, 7) is 3.75. The second kappa shape index (κ2) is 8.22. The van der Waals surface area contributed by atoms with E-state index in [2.05, 4.69) is 20.6 Å².